The number of rotatable bonds is 4. The van der Waals surface area contributed by atoms with E-state index in [1.807, 2.05) is 13.8 Å². The number of benzene rings is 2. The number of amides is 1. The van der Waals surface area contributed by atoms with Crippen LogP contribution in [0.5, 0.6) is 11.5 Å². The van der Waals surface area contributed by atoms with Gasteiger partial charge in [-0.15, -0.1) is 0 Å². The normalized spacial score (nSPS) is 14.5. The topological polar surface area (TPSA) is 90.9 Å². The molecule has 0 radical (unpaired) electrons. The van der Waals surface area contributed by atoms with Crippen LogP contribution < -0.4 is 14.8 Å². The Labute approximate surface area is 162 Å². The van der Waals surface area contributed by atoms with Crippen molar-refractivity contribution in [1.29, 1.82) is 0 Å². The fourth-order valence-electron chi connectivity index (χ4n) is 2.85. The van der Waals surface area contributed by atoms with E-state index in [0.29, 0.717) is 22.6 Å². The van der Waals surface area contributed by atoms with E-state index in [4.69, 9.17) is 14.2 Å². The molecule has 0 aliphatic carbocycles. The first-order valence-corrected chi connectivity index (χ1v) is 8.90. The molecule has 0 atom stereocenters. The first-order chi connectivity index (χ1) is 13.3. The number of hydrogen-bond acceptors (Lipinski definition) is 6. The van der Waals surface area contributed by atoms with E-state index in [2.05, 4.69) is 5.32 Å². The van der Waals surface area contributed by atoms with Crippen LogP contribution in [0.2, 0.25) is 0 Å². The molecular weight excluding hydrogens is 362 g/mol. The predicted octanol–water partition coefficient (Wildman–Crippen LogP) is 4.22. The minimum absolute atomic E-state index is 0.0252. The SMILES string of the molecule is CCOC(=O)Oc1ccc(C(=O)Nc2ccc3c(c2)C(=O)CC(C)(C)O3)cc1. The summed E-state index contributed by atoms with van der Waals surface area (Å²) in [4.78, 5) is 36.1. The van der Waals surface area contributed by atoms with Crippen LogP contribution in [0, 0.1) is 0 Å². The Balaban J connectivity index is 1.69. The number of hydrogen-bond donors (Lipinski definition) is 1. The number of carbonyl (C=O) groups is 3. The van der Waals surface area contributed by atoms with Crippen molar-refractivity contribution in [3.8, 4) is 11.5 Å². The van der Waals surface area contributed by atoms with Gasteiger partial charge in [0.2, 0.25) is 0 Å². The number of ether oxygens (including phenoxy) is 3. The molecule has 0 aromatic heterocycles. The van der Waals surface area contributed by atoms with E-state index in [1.165, 1.54) is 24.3 Å². The minimum atomic E-state index is -0.802. The molecule has 0 bridgehead atoms. The highest BCUT2D eigenvalue weighted by atomic mass is 16.7. The Bertz CT molecular complexity index is 917. The number of Topliss-reactive ketones (excluding diaryl/α,β-unsaturated/α-hetero) is 1. The van der Waals surface area contributed by atoms with E-state index >= 15 is 0 Å². The van der Waals surface area contributed by atoms with Crippen LogP contribution in [0.25, 0.3) is 0 Å². The summed E-state index contributed by atoms with van der Waals surface area (Å²) in [6.45, 7) is 5.61. The lowest BCUT2D eigenvalue weighted by Crippen LogP contribution is -2.35. The van der Waals surface area contributed by atoms with Gasteiger partial charge in [0.15, 0.2) is 5.78 Å². The molecule has 146 valence electrons. The van der Waals surface area contributed by atoms with Crippen molar-refractivity contribution >= 4 is 23.5 Å². The summed E-state index contributed by atoms with van der Waals surface area (Å²) in [5, 5.41) is 2.75. The highest BCUT2D eigenvalue weighted by molar-refractivity contribution is 6.06. The number of carbonyl (C=O) groups excluding carboxylic acids is 3. The Morgan fingerprint density at radius 2 is 1.86 bits per heavy atom. The predicted molar refractivity (Wildman–Crippen MR) is 102 cm³/mol. The van der Waals surface area contributed by atoms with Crippen molar-refractivity contribution in [3.05, 3.63) is 53.6 Å². The molecule has 1 aliphatic heterocycles. The van der Waals surface area contributed by atoms with Gasteiger partial charge in [0, 0.05) is 11.3 Å². The molecule has 1 amide bonds. The van der Waals surface area contributed by atoms with Gasteiger partial charge in [0.05, 0.1) is 18.6 Å². The molecular formula is C21H21NO6. The maximum atomic E-state index is 12.4. The molecule has 0 unspecified atom stereocenters. The standard InChI is InChI=1S/C21H21NO6/c1-4-26-20(25)27-15-8-5-13(6-9-15)19(24)22-14-7-10-18-16(11-14)17(23)12-21(2,3)28-18/h5-11H,4,12H2,1-3H3,(H,22,24). The maximum absolute atomic E-state index is 12.4. The first kappa shape index (κ1) is 19.4. The molecule has 7 heteroatoms. The molecule has 1 N–H and O–H groups in total. The zero-order valence-electron chi connectivity index (χ0n) is 15.9. The Morgan fingerprint density at radius 3 is 2.54 bits per heavy atom. The van der Waals surface area contributed by atoms with Crippen LogP contribution in [-0.4, -0.2) is 30.1 Å². The molecule has 3 rings (SSSR count). The van der Waals surface area contributed by atoms with E-state index < -0.39 is 11.8 Å². The van der Waals surface area contributed by atoms with Crippen molar-refractivity contribution in [3.63, 3.8) is 0 Å². The van der Waals surface area contributed by atoms with Crippen molar-refractivity contribution < 1.29 is 28.6 Å². The van der Waals surface area contributed by atoms with Gasteiger partial charge in [-0.05, 0) is 63.2 Å². The second-order valence-electron chi connectivity index (χ2n) is 6.94. The number of fused-ring (bicyclic) bond motifs is 1. The zero-order chi connectivity index (χ0) is 20.3. The second kappa shape index (κ2) is 7.72. The third kappa shape index (κ3) is 4.49. The van der Waals surface area contributed by atoms with Crippen LogP contribution in [0.3, 0.4) is 0 Å². The fourth-order valence-corrected chi connectivity index (χ4v) is 2.85. The molecule has 2 aromatic carbocycles. The summed E-state index contributed by atoms with van der Waals surface area (Å²) in [6.07, 6.45) is -0.525. The average molecular weight is 383 g/mol. The molecule has 1 aliphatic rings. The average Bonchev–Trinajstić information content (AvgIpc) is 2.62. The maximum Gasteiger partial charge on any atom is 0.513 e. The molecule has 7 nitrogen and oxygen atoms in total. The lowest BCUT2D eigenvalue weighted by atomic mass is 9.93. The second-order valence-corrected chi connectivity index (χ2v) is 6.94. The van der Waals surface area contributed by atoms with E-state index in [0.717, 1.165) is 0 Å². The van der Waals surface area contributed by atoms with E-state index in [-0.39, 0.29) is 30.5 Å². The van der Waals surface area contributed by atoms with Crippen molar-refractivity contribution in [2.45, 2.75) is 32.8 Å². The molecule has 0 fully saturated rings. The monoisotopic (exact) mass is 383 g/mol. The highest BCUT2D eigenvalue weighted by Gasteiger charge is 2.32. The summed E-state index contributed by atoms with van der Waals surface area (Å²) in [5.41, 5.74) is 0.780. The third-order valence-corrected chi connectivity index (χ3v) is 4.09. The van der Waals surface area contributed by atoms with Gasteiger partial charge >= 0.3 is 6.16 Å². The smallest absolute Gasteiger partial charge is 0.487 e. The summed E-state index contributed by atoms with van der Waals surface area (Å²) in [6, 6.07) is 11.0. The molecule has 0 saturated heterocycles. The molecule has 0 spiro atoms. The molecule has 28 heavy (non-hydrogen) atoms. The van der Waals surface area contributed by atoms with Crippen LogP contribution >= 0.6 is 0 Å². The Kier molecular flexibility index (Phi) is 5.35. The summed E-state index contributed by atoms with van der Waals surface area (Å²) < 4.78 is 15.5. The lowest BCUT2D eigenvalue weighted by Gasteiger charge is -2.31. The first-order valence-electron chi connectivity index (χ1n) is 8.90. The van der Waals surface area contributed by atoms with Crippen LogP contribution in [0.15, 0.2) is 42.5 Å². The van der Waals surface area contributed by atoms with Crippen molar-refractivity contribution in [2.75, 3.05) is 11.9 Å². The number of nitrogens with one attached hydrogen (secondary N) is 1. The van der Waals surface area contributed by atoms with Crippen LogP contribution in [0.4, 0.5) is 10.5 Å². The molecule has 2 aromatic rings. The number of ketones is 1. The third-order valence-electron chi connectivity index (χ3n) is 4.09. The Hall–Kier alpha value is -3.35. The lowest BCUT2D eigenvalue weighted by molar-refractivity contribution is 0.0619. The van der Waals surface area contributed by atoms with Gasteiger partial charge in [-0.1, -0.05) is 0 Å². The van der Waals surface area contributed by atoms with Crippen molar-refractivity contribution in [1.82, 2.24) is 0 Å². The quantitative estimate of drug-likeness (QED) is 0.628. The van der Waals surface area contributed by atoms with Crippen LogP contribution in [-0.2, 0) is 4.74 Å². The van der Waals surface area contributed by atoms with Gasteiger partial charge in [-0.2, -0.15) is 0 Å². The minimum Gasteiger partial charge on any atom is -0.487 e. The van der Waals surface area contributed by atoms with Crippen molar-refractivity contribution in [2.24, 2.45) is 0 Å². The van der Waals surface area contributed by atoms with Gasteiger partial charge < -0.3 is 19.5 Å². The summed E-state index contributed by atoms with van der Waals surface area (Å²) in [5.74, 6) is 0.406. The largest absolute Gasteiger partial charge is 0.513 e. The van der Waals surface area contributed by atoms with Gasteiger partial charge in [-0.3, -0.25) is 9.59 Å². The fraction of sp³-hybridized carbons (Fsp3) is 0.286. The molecule has 1 heterocycles. The highest BCUT2D eigenvalue weighted by Crippen LogP contribution is 2.34. The van der Waals surface area contributed by atoms with Gasteiger partial charge in [0.1, 0.15) is 17.1 Å². The summed E-state index contributed by atoms with van der Waals surface area (Å²) >= 11 is 0. The van der Waals surface area contributed by atoms with E-state index in [1.54, 1.807) is 25.1 Å². The number of anilines is 1. The summed E-state index contributed by atoms with van der Waals surface area (Å²) in [7, 11) is 0. The van der Waals surface area contributed by atoms with E-state index in [9.17, 15) is 14.4 Å². The molecule has 0 saturated carbocycles. The van der Waals surface area contributed by atoms with Crippen LogP contribution in [0.1, 0.15) is 47.9 Å². The van der Waals surface area contributed by atoms with Gasteiger partial charge in [-0.25, -0.2) is 4.79 Å². The van der Waals surface area contributed by atoms with Gasteiger partial charge in [0.25, 0.3) is 5.91 Å². The Morgan fingerprint density at radius 1 is 1.14 bits per heavy atom. The zero-order valence-corrected chi connectivity index (χ0v) is 15.9.